The first-order chi connectivity index (χ1) is 13.2. The SMILES string of the molecule is O=C(Cc1ccc2c(c1)CCC2)Nc1ccccc1NC(=O)N1CCCC1. The van der Waals surface area contributed by atoms with Crippen molar-refractivity contribution in [1.82, 2.24) is 4.90 Å². The topological polar surface area (TPSA) is 61.4 Å². The summed E-state index contributed by atoms with van der Waals surface area (Å²) in [4.78, 5) is 26.7. The van der Waals surface area contributed by atoms with Crippen molar-refractivity contribution >= 4 is 23.3 Å². The van der Waals surface area contributed by atoms with E-state index in [2.05, 4.69) is 22.8 Å². The van der Waals surface area contributed by atoms with Gasteiger partial charge in [-0.2, -0.15) is 0 Å². The van der Waals surface area contributed by atoms with Crippen LogP contribution in [0.1, 0.15) is 36.0 Å². The molecule has 1 aliphatic carbocycles. The zero-order valence-corrected chi connectivity index (χ0v) is 15.5. The minimum absolute atomic E-state index is 0.0733. The molecule has 2 aromatic rings. The summed E-state index contributed by atoms with van der Waals surface area (Å²) >= 11 is 0. The van der Waals surface area contributed by atoms with Crippen molar-refractivity contribution in [1.29, 1.82) is 0 Å². The second-order valence-corrected chi connectivity index (χ2v) is 7.35. The molecular weight excluding hydrogens is 338 g/mol. The van der Waals surface area contributed by atoms with Gasteiger partial charge in [-0.25, -0.2) is 4.79 Å². The van der Waals surface area contributed by atoms with E-state index in [1.807, 2.05) is 35.2 Å². The van der Waals surface area contributed by atoms with E-state index in [0.29, 0.717) is 17.8 Å². The van der Waals surface area contributed by atoms with Gasteiger partial charge in [0.05, 0.1) is 17.8 Å². The van der Waals surface area contributed by atoms with Crippen LogP contribution in [0.3, 0.4) is 0 Å². The predicted octanol–water partition coefficient (Wildman–Crippen LogP) is 3.98. The first-order valence-electron chi connectivity index (χ1n) is 9.74. The van der Waals surface area contributed by atoms with Crippen LogP contribution in [0.15, 0.2) is 42.5 Å². The van der Waals surface area contributed by atoms with E-state index >= 15 is 0 Å². The number of urea groups is 1. The van der Waals surface area contributed by atoms with Gasteiger partial charge in [-0.15, -0.1) is 0 Å². The quantitative estimate of drug-likeness (QED) is 0.863. The van der Waals surface area contributed by atoms with Crippen LogP contribution in [0.2, 0.25) is 0 Å². The maximum atomic E-state index is 12.5. The lowest BCUT2D eigenvalue weighted by molar-refractivity contribution is -0.115. The van der Waals surface area contributed by atoms with Crippen molar-refractivity contribution in [2.75, 3.05) is 23.7 Å². The molecule has 0 spiro atoms. The Bertz CT molecular complexity index is 856. The van der Waals surface area contributed by atoms with Crippen molar-refractivity contribution in [3.63, 3.8) is 0 Å². The van der Waals surface area contributed by atoms with E-state index in [1.54, 1.807) is 0 Å². The number of hydrogen-bond acceptors (Lipinski definition) is 2. The molecule has 4 rings (SSSR count). The number of carbonyl (C=O) groups excluding carboxylic acids is 2. The molecule has 2 N–H and O–H groups in total. The maximum absolute atomic E-state index is 12.5. The number of nitrogens with one attached hydrogen (secondary N) is 2. The Morgan fingerprint density at radius 3 is 2.33 bits per heavy atom. The van der Waals surface area contributed by atoms with Crippen LogP contribution in [0.4, 0.5) is 16.2 Å². The molecule has 2 aromatic carbocycles. The van der Waals surface area contributed by atoms with Crippen molar-refractivity contribution in [3.05, 3.63) is 59.2 Å². The number of anilines is 2. The van der Waals surface area contributed by atoms with Crippen molar-refractivity contribution in [2.45, 2.75) is 38.5 Å². The zero-order chi connectivity index (χ0) is 18.6. The summed E-state index contributed by atoms with van der Waals surface area (Å²) in [5.41, 5.74) is 5.09. The summed E-state index contributed by atoms with van der Waals surface area (Å²) < 4.78 is 0. The Morgan fingerprint density at radius 1 is 0.852 bits per heavy atom. The Hall–Kier alpha value is -2.82. The summed E-state index contributed by atoms with van der Waals surface area (Å²) in [6.07, 6.45) is 5.89. The van der Waals surface area contributed by atoms with E-state index in [4.69, 9.17) is 0 Å². The summed E-state index contributed by atoms with van der Waals surface area (Å²) in [6.45, 7) is 1.58. The molecule has 3 amide bonds. The van der Waals surface area contributed by atoms with E-state index in [0.717, 1.165) is 44.3 Å². The van der Waals surface area contributed by atoms with Crippen molar-refractivity contribution in [2.24, 2.45) is 0 Å². The van der Waals surface area contributed by atoms with Gasteiger partial charge in [0.25, 0.3) is 0 Å². The third-order valence-electron chi connectivity index (χ3n) is 5.36. The molecular formula is C22H25N3O2. The van der Waals surface area contributed by atoms with Crippen LogP contribution in [-0.4, -0.2) is 29.9 Å². The second kappa shape index (κ2) is 7.82. The highest BCUT2D eigenvalue weighted by Gasteiger charge is 2.19. The van der Waals surface area contributed by atoms with Crippen LogP contribution in [0.5, 0.6) is 0 Å². The molecule has 5 nitrogen and oxygen atoms in total. The van der Waals surface area contributed by atoms with E-state index in [9.17, 15) is 9.59 Å². The van der Waals surface area contributed by atoms with Gasteiger partial charge < -0.3 is 15.5 Å². The molecule has 5 heteroatoms. The Balaban J connectivity index is 1.41. The fraction of sp³-hybridized carbons (Fsp3) is 0.364. The largest absolute Gasteiger partial charge is 0.325 e. The van der Waals surface area contributed by atoms with E-state index < -0.39 is 0 Å². The molecule has 0 atom stereocenters. The van der Waals surface area contributed by atoms with Gasteiger partial charge in [0.15, 0.2) is 0 Å². The van der Waals surface area contributed by atoms with E-state index in [-0.39, 0.29) is 11.9 Å². The van der Waals surface area contributed by atoms with Gasteiger partial charge in [-0.3, -0.25) is 4.79 Å². The smallest absolute Gasteiger partial charge is 0.321 e. The Kier molecular flexibility index (Phi) is 5.10. The van der Waals surface area contributed by atoms with Gasteiger partial charge in [-0.05, 0) is 60.9 Å². The second-order valence-electron chi connectivity index (χ2n) is 7.35. The normalized spacial score (nSPS) is 15.5. The summed E-state index contributed by atoms with van der Waals surface area (Å²) in [6, 6.07) is 13.6. The van der Waals surface area contributed by atoms with Crippen LogP contribution < -0.4 is 10.6 Å². The molecule has 0 aromatic heterocycles. The highest BCUT2D eigenvalue weighted by atomic mass is 16.2. The third-order valence-corrected chi connectivity index (χ3v) is 5.36. The molecule has 1 saturated heterocycles. The van der Waals surface area contributed by atoms with Gasteiger partial charge in [0.1, 0.15) is 0 Å². The lowest BCUT2D eigenvalue weighted by atomic mass is 10.0. The number of hydrogen-bond donors (Lipinski definition) is 2. The molecule has 0 bridgehead atoms. The molecule has 1 heterocycles. The first-order valence-corrected chi connectivity index (χ1v) is 9.74. The average molecular weight is 363 g/mol. The minimum atomic E-state index is -0.104. The minimum Gasteiger partial charge on any atom is -0.325 e. The number of rotatable bonds is 4. The monoisotopic (exact) mass is 363 g/mol. The lowest BCUT2D eigenvalue weighted by Crippen LogP contribution is -2.32. The summed E-state index contributed by atoms with van der Waals surface area (Å²) in [5.74, 6) is -0.0733. The number of carbonyl (C=O) groups is 2. The number of nitrogens with zero attached hydrogens (tertiary/aromatic N) is 1. The molecule has 140 valence electrons. The standard InChI is InChI=1S/C22H25N3O2/c26-21(15-16-10-11-17-6-5-7-18(17)14-16)23-19-8-1-2-9-20(19)24-22(27)25-12-3-4-13-25/h1-2,8-11,14H,3-7,12-13,15H2,(H,23,26)(H,24,27). The fourth-order valence-corrected chi connectivity index (χ4v) is 3.93. The summed E-state index contributed by atoms with van der Waals surface area (Å²) in [7, 11) is 0. The number of amides is 3. The van der Waals surface area contributed by atoms with E-state index in [1.165, 1.54) is 17.5 Å². The molecule has 1 aliphatic heterocycles. The number of benzene rings is 2. The maximum Gasteiger partial charge on any atom is 0.321 e. The molecule has 27 heavy (non-hydrogen) atoms. The third kappa shape index (κ3) is 4.13. The molecule has 1 fully saturated rings. The number of para-hydroxylation sites is 2. The highest BCUT2D eigenvalue weighted by Crippen LogP contribution is 2.25. The molecule has 2 aliphatic rings. The Labute approximate surface area is 159 Å². The average Bonchev–Trinajstić information content (AvgIpc) is 3.34. The highest BCUT2D eigenvalue weighted by molar-refractivity contribution is 5.99. The van der Waals surface area contributed by atoms with Crippen molar-refractivity contribution < 1.29 is 9.59 Å². The van der Waals surface area contributed by atoms with Crippen LogP contribution in [-0.2, 0) is 24.1 Å². The Morgan fingerprint density at radius 2 is 1.56 bits per heavy atom. The number of aryl methyl sites for hydroxylation is 2. The molecule has 0 unspecified atom stereocenters. The van der Waals surface area contributed by atoms with Crippen LogP contribution in [0, 0.1) is 0 Å². The lowest BCUT2D eigenvalue weighted by Gasteiger charge is -2.18. The molecule has 0 saturated carbocycles. The summed E-state index contributed by atoms with van der Waals surface area (Å²) in [5, 5.41) is 5.88. The van der Waals surface area contributed by atoms with Gasteiger partial charge >= 0.3 is 6.03 Å². The fourth-order valence-electron chi connectivity index (χ4n) is 3.93. The van der Waals surface area contributed by atoms with Crippen LogP contribution >= 0.6 is 0 Å². The predicted molar refractivity (Wildman–Crippen MR) is 107 cm³/mol. The van der Waals surface area contributed by atoms with Gasteiger partial charge in [0.2, 0.25) is 5.91 Å². The van der Waals surface area contributed by atoms with Crippen molar-refractivity contribution in [3.8, 4) is 0 Å². The molecule has 0 radical (unpaired) electrons. The van der Waals surface area contributed by atoms with Gasteiger partial charge in [0, 0.05) is 13.1 Å². The zero-order valence-electron chi connectivity index (χ0n) is 15.5. The number of fused-ring (bicyclic) bond motifs is 1. The van der Waals surface area contributed by atoms with Gasteiger partial charge in [-0.1, -0.05) is 30.3 Å². The number of likely N-dealkylation sites (tertiary alicyclic amines) is 1. The first kappa shape index (κ1) is 17.6. The van der Waals surface area contributed by atoms with Crippen LogP contribution in [0.25, 0.3) is 0 Å².